The summed E-state index contributed by atoms with van der Waals surface area (Å²) in [5, 5.41) is 0. The quantitative estimate of drug-likeness (QED) is 0.875. The second kappa shape index (κ2) is 6.40. The smallest absolute Gasteiger partial charge is 0.140 e. The van der Waals surface area contributed by atoms with E-state index in [4.69, 9.17) is 5.73 Å². The molecule has 4 heteroatoms. The lowest BCUT2D eigenvalue weighted by Crippen LogP contribution is -2.14. The van der Waals surface area contributed by atoms with Crippen molar-refractivity contribution in [1.82, 2.24) is 0 Å². The minimum absolute atomic E-state index is 0.134. The summed E-state index contributed by atoms with van der Waals surface area (Å²) < 4.78 is 1.08. The number of ketones is 1. The summed E-state index contributed by atoms with van der Waals surface area (Å²) in [6, 6.07) is 3.99. The zero-order chi connectivity index (χ0) is 11.3. The molecule has 0 aromatic carbocycles. The Balaban J connectivity index is 2.41. The Kier molecular flexibility index (Phi) is 5.50. The van der Waals surface area contributed by atoms with Crippen LogP contribution in [0.5, 0.6) is 0 Å². The third kappa shape index (κ3) is 4.45. The molecule has 1 aromatic heterocycles. The van der Waals surface area contributed by atoms with Crippen molar-refractivity contribution < 1.29 is 4.79 Å². The monoisotopic (exact) mass is 289 g/mol. The minimum Gasteiger partial charge on any atom is -0.330 e. The van der Waals surface area contributed by atoms with Crippen molar-refractivity contribution in [2.24, 2.45) is 11.7 Å². The van der Waals surface area contributed by atoms with Crippen LogP contribution in [-0.2, 0) is 11.2 Å². The highest BCUT2D eigenvalue weighted by Crippen LogP contribution is 2.23. The first-order chi connectivity index (χ1) is 7.13. The van der Waals surface area contributed by atoms with Crippen LogP contribution in [0.3, 0.4) is 0 Å². The number of hydrogen-bond donors (Lipinski definition) is 1. The molecule has 1 unspecified atom stereocenters. The largest absolute Gasteiger partial charge is 0.330 e. The van der Waals surface area contributed by atoms with Crippen molar-refractivity contribution in [2.75, 3.05) is 6.54 Å². The maximum atomic E-state index is 11.8. The fraction of sp³-hybridized carbons (Fsp3) is 0.545. The molecule has 0 radical (unpaired) electrons. The van der Waals surface area contributed by atoms with Crippen molar-refractivity contribution in [1.29, 1.82) is 0 Å². The van der Waals surface area contributed by atoms with Gasteiger partial charge in [-0.15, -0.1) is 11.3 Å². The Morgan fingerprint density at radius 3 is 2.87 bits per heavy atom. The molecule has 0 aliphatic rings. The third-order valence-electron chi connectivity index (χ3n) is 2.37. The van der Waals surface area contributed by atoms with Gasteiger partial charge in [-0.3, -0.25) is 4.79 Å². The van der Waals surface area contributed by atoms with Gasteiger partial charge in [-0.25, -0.2) is 0 Å². The van der Waals surface area contributed by atoms with Gasteiger partial charge in [-0.1, -0.05) is 6.92 Å². The van der Waals surface area contributed by atoms with Crippen LogP contribution in [0.15, 0.2) is 15.9 Å². The van der Waals surface area contributed by atoms with E-state index in [9.17, 15) is 4.79 Å². The predicted octanol–water partition coefficient (Wildman–Crippen LogP) is 3.00. The summed E-state index contributed by atoms with van der Waals surface area (Å²) in [6.45, 7) is 2.66. The normalized spacial score (nSPS) is 12.7. The van der Waals surface area contributed by atoms with Gasteiger partial charge in [0.25, 0.3) is 0 Å². The summed E-state index contributed by atoms with van der Waals surface area (Å²) in [5.74, 6) is 0.451. The van der Waals surface area contributed by atoms with Crippen LogP contribution in [0.4, 0.5) is 0 Å². The van der Waals surface area contributed by atoms with E-state index in [0.717, 1.165) is 21.5 Å². The molecule has 2 nitrogen and oxygen atoms in total. The van der Waals surface area contributed by atoms with Gasteiger partial charge in [0.1, 0.15) is 5.78 Å². The van der Waals surface area contributed by atoms with Crippen molar-refractivity contribution in [3.05, 3.63) is 20.8 Å². The SMILES string of the molecule is CC(CCCN)C(=O)Cc1ccc(Br)s1. The second-order valence-corrected chi connectivity index (χ2v) is 6.23. The number of carbonyl (C=O) groups is 1. The van der Waals surface area contributed by atoms with E-state index in [1.165, 1.54) is 0 Å². The highest BCUT2D eigenvalue weighted by atomic mass is 79.9. The second-order valence-electron chi connectivity index (χ2n) is 3.68. The molecule has 0 saturated heterocycles. The molecule has 0 aliphatic heterocycles. The number of halogens is 1. The van der Waals surface area contributed by atoms with E-state index in [1.54, 1.807) is 11.3 Å². The van der Waals surface area contributed by atoms with Gasteiger partial charge in [0.2, 0.25) is 0 Å². The first-order valence-corrected chi connectivity index (χ1v) is 6.71. The third-order valence-corrected chi connectivity index (χ3v) is 3.99. The Morgan fingerprint density at radius 1 is 1.60 bits per heavy atom. The zero-order valence-corrected chi connectivity index (χ0v) is 11.2. The standard InChI is InChI=1S/C11H16BrNOS/c1-8(3-2-6-13)10(14)7-9-4-5-11(12)15-9/h4-5,8H,2-3,6-7,13H2,1H3. The number of hydrogen-bond acceptors (Lipinski definition) is 3. The molecule has 1 heterocycles. The van der Waals surface area contributed by atoms with Gasteiger partial charge >= 0.3 is 0 Å². The van der Waals surface area contributed by atoms with Gasteiger partial charge in [0.05, 0.1) is 3.79 Å². The lowest BCUT2D eigenvalue weighted by molar-refractivity contribution is -0.121. The molecular formula is C11H16BrNOS. The first-order valence-electron chi connectivity index (χ1n) is 5.10. The highest BCUT2D eigenvalue weighted by Gasteiger charge is 2.13. The summed E-state index contributed by atoms with van der Waals surface area (Å²) in [7, 11) is 0. The highest BCUT2D eigenvalue weighted by molar-refractivity contribution is 9.11. The van der Waals surface area contributed by atoms with Gasteiger partial charge in [-0.2, -0.15) is 0 Å². The van der Waals surface area contributed by atoms with E-state index in [0.29, 0.717) is 18.7 Å². The first kappa shape index (κ1) is 12.9. The summed E-state index contributed by atoms with van der Waals surface area (Å²) >= 11 is 5.02. The Bertz CT molecular complexity index is 324. The Morgan fingerprint density at radius 2 is 2.33 bits per heavy atom. The molecule has 0 amide bonds. The van der Waals surface area contributed by atoms with Gasteiger partial charge in [0.15, 0.2) is 0 Å². The van der Waals surface area contributed by atoms with Crippen LogP contribution in [-0.4, -0.2) is 12.3 Å². The molecule has 1 aromatic rings. The van der Waals surface area contributed by atoms with Crippen molar-refractivity contribution in [2.45, 2.75) is 26.2 Å². The van der Waals surface area contributed by atoms with Crippen molar-refractivity contribution >= 4 is 33.0 Å². The molecule has 1 atom stereocenters. The Labute approximate surface area is 103 Å². The van der Waals surface area contributed by atoms with Crippen LogP contribution < -0.4 is 5.73 Å². The fourth-order valence-electron chi connectivity index (χ4n) is 1.38. The maximum absolute atomic E-state index is 11.8. The lowest BCUT2D eigenvalue weighted by atomic mass is 9.98. The van der Waals surface area contributed by atoms with Crippen LogP contribution in [0, 0.1) is 5.92 Å². The topological polar surface area (TPSA) is 43.1 Å². The molecule has 0 saturated carbocycles. The van der Waals surface area contributed by atoms with E-state index in [1.807, 2.05) is 19.1 Å². The lowest BCUT2D eigenvalue weighted by Gasteiger charge is -2.08. The average molecular weight is 290 g/mol. The average Bonchev–Trinajstić information content (AvgIpc) is 2.60. The van der Waals surface area contributed by atoms with Crippen LogP contribution in [0.2, 0.25) is 0 Å². The number of Topliss-reactive ketones (excluding diaryl/α,β-unsaturated/α-hetero) is 1. The van der Waals surface area contributed by atoms with Crippen LogP contribution >= 0.6 is 27.3 Å². The molecule has 0 aliphatic carbocycles. The van der Waals surface area contributed by atoms with E-state index >= 15 is 0 Å². The van der Waals surface area contributed by atoms with E-state index in [2.05, 4.69) is 15.9 Å². The number of rotatable bonds is 6. The minimum atomic E-state index is 0.134. The molecule has 0 fully saturated rings. The predicted molar refractivity (Wildman–Crippen MR) is 68.2 cm³/mol. The summed E-state index contributed by atoms with van der Waals surface area (Å²) in [4.78, 5) is 12.9. The van der Waals surface area contributed by atoms with E-state index < -0.39 is 0 Å². The molecule has 0 spiro atoms. The molecule has 2 N–H and O–H groups in total. The molecule has 0 bridgehead atoms. The van der Waals surface area contributed by atoms with Crippen molar-refractivity contribution in [3.63, 3.8) is 0 Å². The van der Waals surface area contributed by atoms with Gasteiger partial charge in [0, 0.05) is 17.2 Å². The van der Waals surface area contributed by atoms with Crippen molar-refractivity contribution in [3.8, 4) is 0 Å². The number of thiophene rings is 1. The van der Waals surface area contributed by atoms with Gasteiger partial charge < -0.3 is 5.73 Å². The van der Waals surface area contributed by atoms with Crippen LogP contribution in [0.1, 0.15) is 24.6 Å². The maximum Gasteiger partial charge on any atom is 0.140 e. The van der Waals surface area contributed by atoms with Crippen LogP contribution in [0.25, 0.3) is 0 Å². The number of carbonyl (C=O) groups excluding carboxylic acids is 1. The van der Waals surface area contributed by atoms with Gasteiger partial charge in [-0.05, 0) is 47.4 Å². The zero-order valence-electron chi connectivity index (χ0n) is 8.83. The van der Waals surface area contributed by atoms with E-state index in [-0.39, 0.29) is 5.92 Å². The number of nitrogens with two attached hydrogens (primary N) is 1. The molecular weight excluding hydrogens is 274 g/mol. The summed E-state index contributed by atoms with van der Waals surface area (Å²) in [5.41, 5.74) is 5.42. The molecule has 84 valence electrons. The fourth-order valence-corrected chi connectivity index (χ4v) is 2.87. The molecule has 15 heavy (non-hydrogen) atoms. The summed E-state index contributed by atoms with van der Waals surface area (Å²) in [6.07, 6.45) is 2.39. The molecule has 1 rings (SSSR count). The Hall–Kier alpha value is -0.190.